The highest BCUT2D eigenvalue weighted by molar-refractivity contribution is 5.93. The van der Waals surface area contributed by atoms with Crippen LogP contribution in [0, 0.1) is 20.8 Å². The minimum atomic E-state index is -0.308. The summed E-state index contributed by atoms with van der Waals surface area (Å²) in [5.74, 6) is -0.308. The fraction of sp³-hybridized carbons (Fsp3) is 0.471. The average molecular weight is 316 g/mol. The van der Waals surface area contributed by atoms with Crippen LogP contribution in [0.5, 0.6) is 0 Å². The molecule has 0 aliphatic rings. The molecule has 0 atom stereocenters. The standard InChI is InChI=1S/C17H24N4O2/c1-5-21-11(2)8-9-15(17(21)23)16(22)18-10-6-7-14-12(3)19-20-13(14)4/h8-9H,5-7,10H2,1-4H3,(H,18,22)(H,19,20). The lowest BCUT2D eigenvalue weighted by Crippen LogP contribution is -2.34. The summed E-state index contributed by atoms with van der Waals surface area (Å²) in [6, 6.07) is 3.40. The molecule has 0 spiro atoms. The first-order chi connectivity index (χ1) is 11.0. The number of nitrogens with zero attached hydrogens (tertiary/aromatic N) is 2. The number of aryl methyl sites for hydroxylation is 3. The van der Waals surface area contributed by atoms with E-state index in [4.69, 9.17) is 0 Å². The van der Waals surface area contributed by atoms with Crippen molar-refractivity contribution in [3.8, 4) is 0 Å². The third-order valence-electron chi connectivity index (χ3n) is 4.12. The molecule has 6 heteroatoms. The van der Waals surface area contributed by atoms with Crippen molar-refractivity contribution >= 4 is 5.91 Å². The van der Waals surface area contributed by atoms with Crippen molar-refractivity contribution in [2.75, 3.05) is 6.54 Å². The second-order valence-electron chi connectivity index (χ2n) is 5.71. The van der Waals surface area contributed by atoms with Gasteiger partial charge in [0.1, 0.15) is 5.56 Å². The predicted molar refractivity (Wildman–Crippen MR) is 89.8 cm³/mol. The van der Waals surface area contributed by atoms with E-state index in [1.54, 1.807) is 16.7 Å². The van der Waals surface area contributed by atoms with E-state index in [-0.39, 0.29) is 17.0 Å². The van der Waals surface area contributed by atoms with E-state index in [9.17, 15) is 9.59 Å². The first-order valence-electron chi connectivity index (χ1n) is 7.94. The maximum absolute atomic E-state index is 12.3. The van der Waals surface area contributed by atoms with E-state index >= 15 is 0 Å². The SMILES string of the molecule is CCn1c(C)ccc(C(=O)NCCCc2c(C)n[nH]c2C)c1=O. The summed E-state index contributed by atoms with van der Waals surface area (Å²) < 4.78 is 1.60. The summed E-state index contributed by atoms with van der Waals surface area (Å²) in [5.41, 5.74) is 4.10. The molecule has 0 aliphatic heterocycles. The second-order valence-corrected chi connectivity index (χ2v) is 5.71. The van der Waals surface area contributed by atoms with Gasteiger partial charge in [0.05, 0.1) is 5.69 Å². The van der Waals surface area contributed by atoms with E-state index in [0.717, 1.165) is 29.9 Å². The molecule has 0 radical (unpaired) electrons. The third-order valence-corrected chi connectivity index (χ3v) is 4.12. The van der Waals surface area contributed by atoms with Gasteiger partial charge in [0.25, 0.3) is 11.5 Å². The Morgan fingerprint density at radius 3 is 2.65 bits per heavy atom. The largest absolute Gasteiger partial charge is 0.352 e. The Morgan fingerprint density at radius 1 is 1.30 bits per heavy atom. The highest BCUT2D eigenvalue weighted by atomic mass is 16.2. The molecule has 2 heterocycles. The van der Waals surface area contributed by atoms with Gasteiger partial charge in [-0.1, -0.05) is 0 Å². The molecule has 0 fully saturated rings. The van der Waals surface area contributed by atoms with Crippen LogP contribution in [0.1, 0.15) is 46.3 Å². The molecule has 0 aromatic carbocycles. The van der Waals surface area contributed by atoms with Crippen LogP contribution in [0.4, 0.5) is 0 Å². The van der Waals surface area contributed by atoms with Gasteiger partial charge in [0.15, 0.2) is 0 Å². The molecule has 0 saturated carbocycles. The van der Waals surface area contributed by atoms with Crippen molar-refractivity contribution < 1.29 is 4.79 Å². The molecular formula is C17H24N4O2. The Hall–Kier alpha value is -2.37. The van der Waals surface area contributed by atoms with Crippen molar-refractivity contribution in [2.45, 2.75) is 47.1 Å². The van der Waals surface area contributed by atoms with Crippen molar-refractivity contribution in [1.29, 1.82) is 0 Å². The van der Waals surface area contributed by atoms with E-state index in [0.29, 0.717) is 13.1 Å². The topological polar surface area (TPSA) is 79.8 Å². The molecule has 23 heavy (non-hydrogen) atoms. The van der Waals surface area contributed by atoms with Crippen molar-refractivity contribution in [3.05, 3.63) is 50.7 Å². The van der Waals surface area contributed by atoms with Gasteiger partial charge in [-0.25, -0.2) is 0 Å². The minimum absolute atomic E-state index is 0.202. The molecule has 124 valence electrons. The van der Waals surface area contributed by atoms with Crippen molar-refractivity contribution in [3.63, 3.8) is 0 Å². The maximum atomic E-state index is 12.3. The first-order valence-corrected chi connectivity index (χ1v) is 7.94. The number of carbonyl (C=O) groups excluding carboxylic acids is 1. The molecule has 1 amide bonds. The smallest absolute Gasteiger partial charge is 0.263 e. The zero-order valence-corrected chi connectivity index (χ0v) is 14.2. The summed E-state index contributed by atoms with van der Waals surface area (Å²) in [7, 11) is 0. The van der Waals surface area contributed by atoms with Gasteiger partial charge in [0.2, 0.25) is 0 Å². The van der Waals surface area contributed by atoms with Crippen LogP contribution in [-0.4, -0.2) is 27.2 Å². The first kappa shape index (κ1) is 17.0. The molecule has 2 N–H and O–H groups in total. The van der Waals surface area contributed by atoms with Gasteiger partial charge >= 0.3 is 0 Å². The van der Waals surface area contributed by atoms with Crippen LogP contribution in [-0.2, 0) is 13.0 Å². The Bertz CT molecular complexity index is 739. The predicted octanol–water partition coefficient (Wildman–Crippen LogP) is 1.88. The number of hydrogen-bond acceptors (Lipinski definition) is 3. The highest BCUT2D eigenvalue weighted by Crippen LogP contribution is 2.11. The Balaban J connectivity index is 1.94. The average Bonchev–Trinajstić information content (AvgIpc) is 2.83. The lowest BCUT2D eigenvalue weighted by Gasteiger charge is -2.10. The van der Waals surface area contributed by atoms with E-state index < -0.39 is 0 Å². The molecule has 2 rings (SSSR count). The van der Waals surface area contributed by atoms with E-state index in [1.165, 1.54) is 5.56 Å². The fourth-order valence-electron chi connectivity index (χ4n) is 2.74. The van der Waals surface area contributed by atoms with E-state index in [2.05, 4.69) is 15.5 Å². The molecule has 0 saturated heterocycles. The molecule has 6 nitrogen and oxygen atoms in total. The zero-order valence-electron chi connectivity index (χ0n) is 14.2. The van der Waals surface area contributed by atoms with Crippen LogP contribution in [0.3, 0.4) is 0 Å². The molecular weight excluding hydrogens is 292 g/mol. The summed E-state index contributed by atoms with van der Waals surface area (Å²) in [6.07, 6.45) is 1.66. The van der Waals surface area contributed by atoms with Crippen molar-refractivity contribution in [1.82, 2.24) is 20.1 Å². The fourth-order valence-corrected chi connectivity index (χ4v) is 2.74. The van der Waals surface area contributed by atoms with Gasteiger partial charge < -0.3 is 9.88 Å². The molecule has 0 bridgehead atoms. The van der Waals surface area contributed by atoms with Gasteiger partial charge in [-0.3, -0.25) is 14.7 Å². The van der Waals surface area contributed by atoms with Crippen molar-refractivity contribution in [2.24, 2.45) is 0 Å². The number of hydrogen-bond donors (Lipinski definition) is 2. The minimum Gasteiger partial charge on any atom is -0.352 e. The number of aromatic amines is 1. The third kappa shape index (κ3) is 3.70. The lowest BCUT2D eigenvalue weighted by molar-refractivity contribution is 0.0951. The Kier molecular flexibility index (Phi) is 5.36. The van der Waals surface area contributed by atoms with Crippen LogP contribution in [0.15, 0.2) is 16.9 Å². The number of H-pyrrole nitrogens is 1. The monoisotopic (exact) mass is 316 g/mol. The Morgan fingerprint density at radius 2 is 2.04 bits per heavy atom. The van der Waals surface area contributed by atoms with Gasteiger partial charge in [-0.05, 0) is 58.2 Å². The summed E-state index contributed by atoms with van der Waals surface area (Å²) in [5, 5.41) is 9.95. The lowest BCUT2D eigenvalue weighted by atomic mass is 10.1. The maximum Gasteiger partial charge on any atom is 0.263 e. The number of pyridine rings is 1. The zero-order chi connectivity index (χ0) is 17.0. The number of nitrogens with one attached hydrogen (secondary N) is 2. The number of carbonyl (C=O) groups is 1. The molecule has 0 aliphatic carbocycles. The number of aromatic nitrogens is 3. The van der Waals surface area contributed by atoms with Gasteiger partial charge in [-0.15, -0.1) is 0 Å². The van der Waals surface area contributed by atoms with Crippen LogP contribution >= 0.6 is 0 Å². The van der Waals surface area contributed by atoms with Crippen LogP contribution in [0.25, 0.3) is 0 Å². The Labute approximate surface area is 135 Å². The van der Waals surface area contributed by atoms with E-state index in [1.807, 2.05) is 27.7 Å². The molecule has 2 aromatic heterocycles. The quantitative estimate of drug-likeness (QED) is 0.799. The summed E-state index contributed by atoms with van der Waals surface area (Å²) in [4.78, 5) is 24.5. The summed E-state index contributed by atoms with van der Waals surface area (Å²) >= 11 is 0. The highest BCUT2D eigenvalue weighted by Gasteiger charge is 2.13. The van der Waals surface area contributed by atoms with Gasteiger partial charge in [0, 0.05) is 24.5 Å². The number of amides is 1. The number of rotatable bonds is 6. The summed E-state index contributed by atoms with van der Waals surface area (Å²) in [6.45, 7) is 8.81. The van der Waals surface area contributed by atoms with Gasteiger partial charge in [-0.2, -0.15) is 5.10 Å². The normalized spacial score (nSPS) is 10.8. The van der Waals surface area contributed by atoms with Crippen LogP contribution < -0.4 is 10.9 Å². The molecule has 0 unspecified atom stereocenters. The molecule has 2 aromatic rings. The van der Waals surface area contributed by atoms with Crippen LogP contribution in [0.2, 0.25) is 0 Å². The second kappa shape index (κ2) is 7.26.